The van der Waals surface area contributed by atoms with Crippen molar-refractivity contribution < 1.29 is 14.8 Å². The first kappa shape index (κ1) is 11.1. The van der Waals surface area contributed by atoms with Crippen molar-refractivity contribution in [3.8, 4) is 5.75 Å². The van der Waals surface area contributed by atoms with Crippen LogP contribution in [0.15, 0.2) is 30.3 Å². The van der Waals surface area contributed by atoms with Crippen molar-refractivity contribution in [3.63, 3.8) is 0 Å². The summed E-state index contributed by atoms with van der Waals surface area (Å²) in [5.41, 5.74) is -0.182. The van der Waals surface area contributed by atoms with Crippen LogP contribution in [0.1, 0.15) is 17.3 Å². The molecule has 0 aliphatic carbocycles. The van der Waals surface area contributed by atoms with Crippen LogP contribution in [0.25, 0.3) is 10.8 Å². The first-order valence-corrected chi connectivity index (χ1v) is 4.92. The number of carbonyl (C=O) groups excluding carboxylic acids is 1. The average molecular weight is 231 g/mol. The van der Waals surface area contributed by atoms with Gasteiger partial charge in [0.05, 0.1) is 15.9 Å². The topological polar surface area (TPSA) is 80.4 Å². The van der Waals surface area contributed by atoms with Gasteiger partial charge in [-0.05, 0) is 18.4 Å². The summed E-state index contributed by atoms with van der Waals surface area (Å²) in [5.74, 6) is -0.637. The van der Waals surface area contributed by atoms with Gasteiger partial charge in [-0.3, -0.25) is 14.9 Å². The van der Waals surface area contributed by atoms with Crippen LogP contribution >= 0.6 is 0 Å². The molecule has 2 aromatic carbocycles. The van der Waals surface area contributed by atoms with Crippen LogP contribution in [0.4, 0.5) is 5.69 Å². The van der Waals surface area contributed by atoms with Crippen LogP contribution in [0.2, 0.25) is 0 Å². The van der Waals surface area contributed by atoms with Gasteiger partial charge >= 0.3 is 0 Å². The molecule has 5 nitrogen and oxygen atoms in total. The highest BCUT2D eigenvalue weighted by atomic mass is 16.6. The molecule has 0 heterocycles. The van der Waals surface area contributed by atoms with E-state index >= 15 is 0 Å². The van der Waals surface area contributed by atoms with Crippen molar-refractivity contribution in [2.75, 3.05) is 0 Å². The Balaban J connectivity index is 2.99. The Kier molecular flexibility index (Phi) is 2.51. The fourth-order valence-corrected chi connectivity index (χ4v) is 1.86. The molecule has 0 saturated heterocycles. The summed E-state index contributed by atoms with van der Waals surface area (Å²) in [6.45, 7) is 1.27. The molecule has 0 aliphatic heterocycles. The van der Waals surface area contributed by atoms with Gasteiger partial charge in [-0.15, -0.1) is 0 Å². The molecule has 86 valence electrons. The van der Waals surface area contributed by atoms with Crippen molar-refractivity contribution in [2.24, 2.45) is 0 Å². The molecule has 0 aliphatic rings. The first-order valence-electron chi connectivity index (χ1n) is 4.92. The molecule has 0 aromatic heterocycles. The van der Waals surface area contributed by atoms with E-state index in [2.05, 4.69) is 0 Å². The minimum atomic E-state index is -0.561. The van der Waals surface area contributed by atoms with E-state index < -0.39 is 10.7 Å². The Morgan fingerprint density at radius 1 is 1.29 bits per heavy atom. The number of carbonyl (C=O) groups is 1. The number of fused-ring (bicyclic) bond motifs is 1. The van der Waals surface area contributed by atoms with Gasteiger partial charge in [0.2, 0.25) is 0 Å². The number of ketones is 1. The van der Waals surface area contributed by atoms with Gasteiger partial charge in [0.15, 0.2) is 5.78 Å². The largest absolute Gasteiger partial charge is 0.507 e. The first-order chi connectivity index (χ1) is 8.02. The maximum atomic E-state index is 11.5. The molecule has 0 unspecified atom stereocenters. The van der Waals surface area contributed by atoms with E-state index in [1.54, 1.807) is 18.2 Å². The minimum Gasteiger partial charge on any atom is -0.507 e. The van der Waals surface area contributed by atoms with E-state index in [1.807, 2.05) is 0 Å². The van der Waals surface area contributed by atoms with Crippen molar-refractivity contribution in [2.45, 2.75) is 6.92 Å². The highest BCUT2D eigenvalue weighted by Crippen LogP contribution is 2.33. The summed E-state index contributed by atoms with van der Waals surface area (Å²) in [7, 11) is 0. The molecule has 2 rings (SSSR count). The van der Waals surface area contributed by atoms with Gasteiger partial charge in [-0.1, -0.05) is 18.2 Å². The fraction of sp³-hybridized carbons (Fsp3) is 0.0833. The standard InChI is InChI=1S/C12H9NO4/c1-7(14)11-10(15)6-5-8-3-2-4-9(12(8)11)13(16)17/h2-6,15H,1H3. The molecule has 0 bridgehead atoms. The van der Waals surface area contributed by atoms with Crippen LogP contribution < -0.4 is 0 Å². The Hall–Kier alpha value is -2.43. The minimum absolute atomic E-state index is 0.00481. The number of non-ortho nitro benzene ring substituents is 1. The molecule has 0 radical (unpaired) electrons. The second-order valence-electron chi connectivity index (χ2n) is 3.65. The predicted molar refractivity (Wildman–Crippen MR) is 62.3 cm³/mol. The second kappa shape index (κ2) is 3.86. The lowest BCUT2D eigenvalue weighted by Crippen LogP contribution is -1.98. The van der Waals surface area contributed by atoms with Gasteiger partial charge in [-0.25, -0.2) is 0 Å². The van der Waals surface area contributed by atoms with Crippen molar-refractivity contribution in [1.82, 2.24) is 0 Å². The maximum absolute atomic E-state index is 11.5. The van der Waals surface area contributed by atoms with E-state index in [-0.39, 0.29) is 22.4 Å². The molecule has 17 heavy (non-hydrogen) atoms. The molecule has 2 aromatic rings. The summed E-state index contributed by atoms with van der Waals surface area (Å²) in [4.78, 5) is 21.8. The number of Topliss-reactive ketones (excluding diaryl/α,β-unsaturated/α-hetero) is 1. The maximum Gasteiger partial charge on any atom is 0.278 e. The highest BCUT2D eigenvalue weighted by Gasteiger charge is 2.20. The molecular weight excluding hydrogens is 222 g/mol. The predicted octanol–water partition coefficient (Wildman–Crippen LogP) is 2.66. The number of nitrogens with zero attached hydrogens (tertiary/aromatic N) is 1. The van der Waals surface area contributed by atoms with Crippen molar-refractivity contribution >= 4 is 22.2 Å². The van der Waals surface area contributed by atoms with Gasteiger partial charge in [0, 0.05) is 6.07 Å². The number of phenolic OH excluding ortho intramolecular Hbond substituents is 1. The Bertz CT molecular complexity index is 634. The fourth-order valence-electron chi connectivity index (χ4n) is 1.86. The van der Waals surface area contributed by atoms with E-state index in [0.717, 1.165) is 0 Å². The average Bonchev–Trinajstić information content (AvgIpc) is 2.27. The second-order valence-corrected chi connectivity index (χ2v) is 3.65. The van der Waals surface area contributed by atoms with E-state index in [0.29, 0.717) is 5.39 Å². The van der Waals surface area contributed by atoms with Crippen molar-refractivity contribution in [3.05, 3.63) is 46.0 Å². The number of hydrogen-bond donors (Lipinski definition) is 1. The van der Waals surface area contributed by atoms with Crippen LogP contribution in [0, 0.1) is 10.1 Å². The number of aromatic hydroxyl groups is 1. The zero-order valence-electron chi connectivity index (χ0n) is 9.01. The molecule has 0 amide bonds. The molecule has 0 saturated carbocycles. The number of benzene rings is 2. The summed E-state index contributed by atoms with van der Waals surface area (Å²) in [6, 6.07) is 7.43. The van der Waals surface area contributed by atoms with Gasteiger partial charge in [0.1, 0.15) is 5.75 Å². The lowest BCUT2D eigenvalue weighted by atomic mass is 9.99. The summed E-state index contributed by atoms with van der Waals surface area (Å²) >= 11 is 0. The summed E-state index contributed by atoms with van der Waals surface area (Å²) in [6.07, 6.45) is 0. The Morgan fingerprint density at radius 3 is 2.59 bits per heavy atom. The molecule has 0 spiro atoms. The zero-order chi connectivity index (χ0) is 12.6. The lowest BCUT2D eigenvalue weighted by Gasteiger charge is -2.06. The molecule has 0 atom stereocenters. The quantitative estimate of drug-likeness (QED) is 0.489. The van der Waals surface area contributed by atoms with E-state index in [1.165, 1.54) is 19.1 Å². The third kappa shape index (κ3) is 1.71. The number of nitro benzene ring substituents is 1. The number of phenols is 1. The lowest BCUT2D eigenvalue weighted by molar-refractivity contribution is -0.383. The van der Waals surface area contributed by atoms with Crippen LogP contribution in [0.3, 0.4) is 0 Å². The van der Waals surface area contributed by atoms with Crippen LogP contribution in [0.5, 0.6) is 5.75 Å². The smallest absolute Gasteiger partial charge is 0.278 e. The molecular formula is C12H9NO4. The third-order valence-corrected chi connectivity index (χ3v) is 2.55. The zero-order valence-corrected chi connectivity index (χ0v) is 9.01. The van der Waals surface area contributed by atoms with Gasteiger partial charge < -0.3 is 5.11 Å². The summed E-state index contributed by atoms with van der Waals surface area (Å²) in [5, 5.41) is 21.3. The number of rotatable bonds is 2. The normalized spacial score (nSPS) is 10.4. The Morgan fingerprint density at radius 2 is 2.00 bits per heavy atom. The monoisotopic (exact) mass is 231 g/mol. The van der Waals surface area contributed by atoms with Crippen molar-refractivity contribution in [1.29, 1.82) is 0 Å². The molecule has 1 N–H and O–H groups in total. The van der Waals surface area contributed by atoms with Crippen LogP contribution in [-0.2, 0) is 0 Å². The van der Waals surface area contributed by atoms with Crippen LogP contribution in [-0.4, -0.2) is 15.8 Å². The SMILES string of the molecule is CC(=O)c1c(O)ccc2cccc([N+](=O)[O-])c12. The molecule has 0 fully saturated rings. The third-order valence-electron chi connectivity index (χ3n) is 2.55. The van der Waals surface area contributed by atoms with Gasteiger partial charge in [-0.2, -0.15) is 0 Å². The highest BCUT2D eigenvalue weighted by molar-refractivity contribution is 6.12. The van der Waals surface area contributed by atoms with E-state index in [4.69, 9.17) is 0 Å². The Labute approximate surface area is 96.5 Å². The summed E-state index contributed by atoms with van der Waals surface area (Å²) < 4.78 is 0. The number of hydrogen-bond acceptors (Lipinski definition) is 4. The number of nitro groups is 1. The van der Waals surface area contributed by atoms with E-state index in [9.17, 15) is 20.0 Å². The molecule has 5 heteroatoms. The van der Waals surface area contributed by atoms with Gasteiger partial charge in [0.25, 0.3) is 5.69 Å².